The van der Waals surface area contributed by atoms with Crippen LogP contribution in [0.1, 0.15) is 29.6 Å². The van der Waals surface area contributed by atoms with Gasteiger partial charge in [-0.05, 0) is 36.2 Å². The first kappa shape index (κ1) is 22.1. The van der Waals surface area contributed by atoms with Crippen LogP contribution >= 0.6 is 0 Å². The number of benzene rings is 2. The van der Waals surface area contributed by atoms with Crippen LogP contribution in [0.5, 0.6) is 11.5 Å². The summed E-state index contributed by atoms with van der Waals surface area (Å²) in [6.07, 6.45) is -2.90. The fourth-order valence-electron chi connectivity index (χ4n) is 4.64. The maximum Gasteiger partial charge on any atom is 0.410 e. The van der Waals surface area contributed by atoms with Crippen molar-refractivity contribution in [2.45, 2.75) is 31.6 Å². The molecule has 3 heterocycles. The molecule has 0 fully saturated rings. The van der Waals surface area contributed by atoms with Gasteiger partial charge in [0.05, 0.1) is 37.7 Å². The van der Waals surface area contributed by atoms with Crippen LogP contribution in [0.3, 0.4) is 0 Å². The molecule has 178 valence electrons. The van der Waals surface area contributed by atoms with E-state index in [1.165, 1.54) is 14.2 Å². The number of alkyl halides is 3. The number of nitrogens with one attached hydrogen (secondary N) is 1. The Labute approximate surface area is 194 Å². The first-order valence-electron chi connectivity index (χ1n) is 10.8. The van der Waals surface area contributed by atoms with Crippen molar-refractivity contribution in [2.24, 2.45) is 7.05 Å². The zero-order valence-corrected chi connectivity index (χ0v) is 19.1. The van der Waals surface area contributed by atoms with Gasteiger partial charge < -0.3 is 14.8 Å². The molecule has 0 radical (unpaired) electrons. The molecule has 1 aliphatic heterocycles. The molecule has 0 spiro atoms. The topological polar surface area (TPSA) is 66.1 Å². The minimum atomic E-state index is -4.46. The summed E-state index contributed by atoms with van der Waals surface area (Å²) >= 11 is 0. The smallest absolute Gasteiger partial charge is 0.410 e. The Morgan fingerprint density at radius 3 is 2.53 bits per heavy atom. The number of fused-ring (bicyclic) bond motifs is 2. The molecule has 1 N–H and O–H groups in total. The van der Waals surface area contributed by atoms with Crippen LogP contribution in [0.4, 0.5) is 19.0 Å². The lowest BCUT2D eigenvalue weighted by atomic mass is 9.96. The molecule has 2 aromatic carbocycles. The maximum atomic E-state index is 14.1. The van der Waals surface area contributed by atoms with E-state index in [2.05, 4.69) is 15.5 Å². The standard InChI is InChI=1S/C24H24F3N5O2/c1-13-15(6-7-19-16(13)12-28-31(19)2)18-11-23-29-17(10-22(24(25,26)27)32(23)30-18)14-5-8-20(33-3)21(9-14)34-4/h5-9,11-12,17,22,29H,10H2,1-4H3. The van der Waals surface area contributed by atoms with Gasteiger partial charge in [-0.3, -0.25) is 4.68 Å². The van der Waals surface area contributed by atoms with E-state index >= 15 is 0 Å². The summed E-state index contributed by atoms with van der Waals surface area (Å²) in [6, 6.07) is 8.27. The molecular formula is C24H24F3N5O2. The number of aromatic nitrogens is 4. The number of nitrogens with zero attached hydrogens (tertiary/aromatic N) is 4. The molecule has 10 heteroatoms. The first-order valence-corrected chi connectivity index (χ1v) is 10.8. The number of halogens is 3. The van der Waals surface area contributed by atoms with Crippen molar-refractivity contribution in [2.75, 3.05) is 19.5 Å². The molecule has 0 aliphatic carbocycles. The normalized spacial score (nSPS) is 18.0. The Balaban J connectivity index is 1.57. The monoisotopic (exact) mass is 471 g/mol. The number of anilines is 1. The van der Waals surface area contributed by atoms with Crippen molar-refractivity contribution in [3.63, 3.8) is 0 Å². The zero-order chi connectivity index (χ0) is 24.2. The van der Waals surface area contributed by atoms with Crippen molar-refractivity contribution in [3.8, 4) is 22.8 Å². The van der Waals surface area contributed by atoms with E-state index in [1.54, 1.807) is 35.1 Å². The zero-order valence-electron chi connectivity index (χ0n) is 19.1. The molecule has 2 atom stereocenters. The summed E-state index contributed by atoms with van der Waals surface area (Å²) < 4.78 is 55.8. The molecule has 34 heavy (non-hydrogen) atoms. The average molecular weight is 471 g/mol. The quantitative estimate of drug-likeness (QED) is 0.430. The van der Waals surface area contributed by atoms with Crippen LogP contribution in [0.25, 0.3) is 22.2 Å². The molecule has 0 bridgehead atoms. The fraction of sp³-hybridized carbons (Fsp3) is 0.333. The third-order valence-corrected chi connectivity index (χ3v) is 6.48. The van der Waals surface area contributed by atoms with Crippen LogP contribution in [-0.2, 0) is 7.05 Å². The molecule has 1 aliphatic rings. The molecule has 0 saturated heterocycles. The van der Waals surface area contributed by atoms with Gasteiger partial charge in [0.15, 0.2) is 17.5 Å². The van der Waals surface area contributed by atoms with Gasteiger partial charge >= 0.3 is 6.18 Å². The van der Waals surface area contributed by atoms with Crippen molar-refractivity contribution < 1.29 is 22.6 Å². The Morgan fingerprint density at radius 2 is 1.82 bits per heavy atom. The Bertz CT molecular complexity index is 1380. The average Bonchev–Trinajstić information content (AvgIpc) is 3.41. The van der Waals surface area contributed by atoms with Gasteiger partial charge in [0.25, 0.3) is 0 Å². The highest BCUT2D eigenvalue weighted by Gasteiger charge is 2.46. The third kappa shape index (κ3) is 3.53. The SMILES string of the molecule is COc1ccc(C2CC(C(F)(F)F)n3nc(-c4ccc5c(cnn5C)c4C)cc3N2)cc1OC. The van der Waals surface area contributed by atoms with E-state index in [9.17, 15) is 13.2 Å². The minimum absolute atomic E-state index is 0.201. The van der Waals surface area contributed by atoms with Crippen molar-refractivity contribution >= 4 is 16.7 Å². The lowest BCUT2D eigenvalue weighted by molar-refractivity contribution is -0.173. The van der Waals surface area contributed by atoms with E-state index in [-0.39, 0.29) is 6.42 Å². The predicted molar refractivity (Wildman–Crippen MR) is 122 cm³/mol. The van der Waals surface area contributed by atoms with E-state index in [0.29, 0.717) is 28.6 Å². The van der Waals surface area contributed by atoms with E-state index in [4.69, 9.17) is 9.47 Å². The summed E-state index contributed by atoms with van der Waals surface area (Å²) in [5, 5.41) is 12.9. The second-order valence-electron chi connectivity index (χ2n) is 8.40. The second kappa shape index (κ2) is 7.96. The second-order valence-corrected chi connectivity index (χ2v) is 8.40. The Kier molecular flexibility index (Phi) is 5.18. The van der Waals surface area contributed by atoms with Crippen molar-refractivity contribution in [1.82, 2.24) is 19.6 Å². The van der Waals surface area contributed by atoms with Crippen LogP contribution in [-0.4, -0.2) is 40.0 Å². The van der Waals surface area contributed by atoms with Crippen LogP contribution in [0, 0.1) is 6.92 Å². The molecule has 0 saturated carbocycles. The van der Waals surface area contributed by atoms with E-state index < -0.39 is 18.3 Å². The highest BCUT2D eigenvalue weighted by atomic mass is 19.4. The van der Waals surface area contributed by atoms with Gasteiger partial charge in [-0.15, -0.1) is 0 Å². The number of hydrogen-bond acceptors (Lipinski definition) is 5. The first-order chi connectivity index (χ1) is 16.2. The van der Waals surface area contributed by atoms with E-state index in [1.807, 2.05) is 26.1 Å². The lowest BCUT2D eigenvalue weighted by Crippen LogP contribution is -2.35. The van der Waals surface area contributed by atoms with Gasteiger partial charge in [0.1, 0.15) is 5.82 Å². The molecule has 2 aromatic heterocycles. The number of aryl methyl sites for hydroxylation is 2. The highest BCUT2D eigenvalue weighted by molar-refractivity contribution is 5.88. The van der Waals surface area contributed by atoms with Gasteiger partial charge in [-0.2, -0.15) is 23.4 Å². The maximum absolute atomic E-state index is 14.1. The van der Waals surface area contributed by atoms with Crippen LogP contribution in [0.2, 0.25) is 0 Å². The van der Waals surface area contributed by atoms with E-state index in [0.717, 1.165) is 26.7 Å². The van der Waals surface area contributed by atoms with Crippen molar-refractivity contribution in [3.05, 3.63) is 53.7 Å². The van der Waals surface area contributed by atoms with Gasteiger partial charge in [-0.25, -0.2) is 4.68 Å². The number of hydrogen-bond donors (Lipinski definition) is 1. The summed E-state index contributed by atoms with van der Waals surface area (Å²) in [6.45, 7) is 1.93. The summed E-state index contributed by atoms with van der Waals surface area (Å²) in [4.78, 5) is 0. The fourth-order valence-corrected chi connectivity index (χ4v) is 4.64. The summed E-state index contributed by atoms with van der Waals surface area (Å²) in [7, 11) is 4.86. The van der Waals surface area contributed by atoms with Crippen LogP contribution in [0.15, 0.2) is 42.6 Å². The van der Waals surface area contributed by atoms with Gasteiger partial charge in [0.2, 0.25) is 0 Å². The number of methoxy groups -OCH3 is 2. The number of rotatable bonds is 4. The summed E-state index contributed by atoms with van der Waals surface area (Å²) in [5.41, 5.74) is 3.79. The summed E-state index contributed by atoms with van der Waals surface area (Å²) in [5.74, 6) is 1.29. The molecule has 5 rings (SSSR count). The van der Waals surface area contributed by atoms with Gasteiger partial charge in [0, 0.05) is 30.5 Å². The molecular weight excluding hydrogens is 447 g/mol. The Morgan fingerprint density at radius 1 is 1.06 bits per heavy atom. The Hall–Kier alpha value is -3.69. The minimum Gasteiger partial charge on any atom is -0.493 e. The van der Waals surface area contributed by atoms with Crippen molar-refractivity contribution in [1.29, 1.82) is 0 Å². The largest absolute Gasteiger partial charge is 0.493 e. The molecule has 4 aromatic rings. The third-order valence-electron chi connectivity index (χ3n) is 6.48. The molecule has 2 unspecified atom stereocenters. The molecule has 0 amide bonds. The molecule has 7 nitrogen and oxygen atoms in total. The van der Waals surface area contributed by atoms with Gasteiger partial charge in [-0.1, -0.05) is 12.1 Å². The lowest BCUT2D eigenvalue weighted by Gasteiger charge is -2.33. The highest BCUT2D eigenvalue weighted by Crippen LogP contribution is 2.45. The number of ether oxygens (including phenoxy) is 2. The predicted octanol–water partition coefficient (Wildman–Crippen LogP) is 5.42. The van der Waals surface area contributed by atoms with Crippen LogP contribution < -0.4 is 14.8 Å².